The molecule has 0 aliphatic rings. The molecule has 0 aliphatic heterocycles. The van der Waals surface area contributed by atoms with Gasteiger partial charge in [0.15, 0.2) is 0 Å². The SMILES string of the molecule is C[C@@H](c1ccccc1F)N(C)C(=O)Nc1nncs1. The number of anilines is 1. The van der Waals surface area contributed by atoms with E-state index in [9.17, 15) is 9.18 Å². The minimum absolute atomic E-state index is 0.328. The molecule has 0 saturated heterocycles. The highest BCUT2D eigenvalue weighted by molar-refractivity contribution is 7.13. The predicted octanol–water partition coefficient (Wildman–Crippen LogP) is 2.90. The number of amides is 2. The Hall–Kier alpha value is -2.02. The number of nitrogens with one attached hydrogen (secondary N) is 1. The normalized spacial score (nSPS) is 11.9. The Morgan fingerprint density at radius 2 is 2.21 bits per heavy atom. The van der Waals surface area contributed by atoms with Gasteiger partial charge in [-0.05, 0) is 13.0 Å². The van der Waals surface area contributed by atoms with E-state index in [-0.39, 0.29) is 17.9 Å². The number of carbonyl (C=O) groups excluding carboxylic acids is 1. The van der Waals surface area contributed by atoms with Crippen molar-refractivity contribution in [1.82, 2.24) is 15.1 Å². The molecule has 0 unspecified atom stereocenters. The van der Waals surface area contributed by atoms with Gasteiger partial charge in [-0.1, -0.05) is 29.5 Å². The highest BCUT2D eigenvalue weighted by atomic mass is 32.1. The predicted molar refractivity (Wildman–Crippen MR) is 71.5 cm³/mol. The first-order valence-corrected chi connectivity index (χ1v) is 6.52. The third-order valence-electron chi connectivity index (χ3n) is 2.83. The largest absolute Gasteiger partial charge is 0.323 e. The number of hydrogen-bond donors (Lipinski definition) is 1. The second kappa shape index (κ2) is 5.75. The summed E-state index contributed by atoms with van der Waals surface area (Å²) in [5.41, 5.74) is 1.99. The van der Waals surface area contributed by atoms with Crippen LogP contribution in [0, 0.1) is 5.82 Å². The van der Waals surface area contributed by atoms with Crippen molar-refractivity contribution in [1.29, 1.82) is 0 Å². The first-order chi connectivity index (χ1) is 9.09. The van der Waals surface area contributed by atoms with E-state index in [1.165, 1.54) is 27.8 Å². The molecule has 0 aliphatic carbocycles. The fourth-order valence-electron chi connectivity index (χ4n) is 1.61. The number of hydrogen-bond acceptors (Lipinski definition) is 4. The standard InChI is InChI=1S/C12H13FN4OS/c1-8(9-5-3-4-6-10(9)13)17(2)12(18)15-11-16-14-7-19-11/h3-8H,1-2H3,(H,15,16,18)/t8-/m0/s1. The van der Waals surface area contributed by atoms with E-state index < -0.39 is 0 Å². The molecule has 0 radical (unpaired) electrons. The molecule has 0 fully saturated rings. The maximum absolute atomic E-state index is 13.7. The van der Waals surface area contributed by atoms with Crippen LogP contribution in [0.2, 0.25) is 0 Å². The van der Waals surface area contributed by atoms with Crippen molar-refractivity contribution in [2.45, 2.75) is 13.0 Å². The van der Waals surface area contributed by atoms with Crippen molar-refractivity contribution < 1.29 is 9.18 Å². The van der Waals surface area contributed by atoms with Crippen LogP contribution in [0.15, 0.2) is 29.8 Å². The van der Waals surface area contributed by atoms with Crippen LogP contribution in [0.1, 0.15) is 18.5 Å². The third-order valence-corrected chi connectivity index (χ3v) is 3.44. The first kappa shape index (κ1) is 13.4. The minimum atomic E-state index is -0.380. The molecule has 7 heteroatoms. The number of carbonyl (C=O) groups is 1. The molecule has 2 aromatic rings. The molecule has 1 aromatic heterocycles. The average Bonchev–Trinajstić information content (AvgIpc) is 2.90. The van der Waals surface area contributed by atoms with E-state index in [2.05, 4.69) is 15.5 Å². The van der Waals surface area contributed by atoms with Gasteiger partial charge in [0.2, 0.25) is 5.13 Å². The summed E-state index contributed by atoms with van der Waals surface area (Å²) in [6.45, 7) is 1.76. The van der Waals surface area contributed by atoms with Crippen LogP contribution in [-0.4, -0.2) is 28.2 Å². The van der Waals surface area contributed by atoms with E-state index >= 15 is 0 Å². The van der Waals surface area contributed by atoms with Crippen LogP contribution < -0.4 is 5.32 Å². The molecule has 1 N–H and O–H groups in total. The highest BCUT2D eigenvalue weighted by Gasteiger charge is 2.20. The van der Waals surface area contributed by atoms with Crippen LogP contribution in [-0.2, 0) is 0 Å². The monoisotopic (exact) mass is 280 g/mol. The van der Waals surface area contributed by atoms with Crippen molar-refractivity contribution in [3.8, 4) is 0 Å². The van der Waals surface area contributed by atoms with Gasteiger partial charge in [-0.3, -0.25) is 5.32 Å². The lowest BCUT2D eigenvalue weighted by molar-refractivity contribution is 0.207. The molecule has 19 heavy (non-hydrogen) atoms. The Kier molecular flexibility index (Phi) is 4.06. The number of nitrogens with zero attached hydrogens (tertiary/aromatic N) is 3. The van der Waals surface area contributed by atoms with Crippen molar-refractivity contribution in [2.24, 2.45) is 0 Å². The summed E-state index contributed by atoms with van der Waals surface area (Å²) in [7, 11) is 1.60. The first-order valence-electron chi connectivity index (χ1n) is 5.64. The second-order valence-electron chi connectivity index (χ2n) is 3.98. The fourth-order valence-corrected chi connectivity index (χ4v) is 2.04. The van der Waals surface area contributed by atoms with Gasteiger partial charge in [0, 0.05) is 12.6 Å². The quantitative estimate of drug-likeness (QED) is 0.940. The fraction of sp³-hybridized carbons (Fsp3) is 0.250. The Morgan fingerprint density at radius 1 is 1.47 bits per heavy atom. The Labute approximate surface area is 114 Å². The lowest BCUT2D eigenvalue weighted by Crippen LogP contribution is -2.34. The van der Waals surface area contributed by atoms with Crippen molar-refractivity contribution >= 4 is 22.5 Å². The van der Waals surface area contributed by atoms with Gasteiger partial charge in [-0.2, -0.15) is 0 Å². The topological polar surface area (TPSA) is 58.1 Å². The Balaban J connectivity index is 2.09. The van der Waals surface area contributed by atoms with E-state index in [0.717, 1.165) is 0 Å². The molecular formula is C12H13FN4OS. The van der Waals surface area contributed by atoms with Crippen LogP contribution in [0.3, 0.4) is 0 Å². The summed E-state index contributed by atoms with van der Waals surface area (Å²) in [5, 5.41) is 10.4. The van der Waals surface area contributed by atoms with Gasteiger partial charge >= 0.3 is 6.03 Å². The van der Waals surface area contributed by atoms with Crippen LogP contribution in [0.4, 0.5) is 14.3 Å². The van der Waals surface area contributed by atoms with Crippen molar-refractivity contribution in [2.75, 3.05) is 12.4 Å². The third kappa shape index (κ3) is 3.05. The number of benzene rings is 1. The van der Waals surface area contributed by atoms with Gasteiger partial charge < -0.3 is 4.90 Å². The molecule has 1 aromatic carbocycles. The van der Waals surface area contributed by atoms with E-state index in [1.54, 1.807) is 32.2 Å². The van der Waals surface area contributed by atoms with Gasteiger partial charge in [0.25, 0.3) is 0 Å². The molecule has 1 atom stereocenters. The molecule has 0 spiro atoms. The number of halogens is 1. The molecule has 2 amide bonds. The average molecular weight is 280 g/mol. The van der Waals surface area contributed by atoms with Gasteiger partial charge in [0.1, 0.15) is 11.3 Å². The highest BCUT2D eigenvalue weighted by Crippen LogP contribution is 2.22. The molecule has 0 bridgehead atoms. The summed E-state index contributed by atoms with van der Waals surface area (Å²) >= 11 is 1.22. The summed E-state index contributed by atoms with van der Waals surface area (Å²) in [6, 6.07) is 5.66. The summed E-state index contributed by atoms with van der Waals surface area (Å²) in [6.07, 6.45) is 0. The summed E-state index contributed by atoms with van der Waals surface area (Å²) < 4.78 is 13.7. The minimum Gasteiger partial charge on any atom is -0.321 e. The zero-order valence-corrected chi connectivity index (χ0v) is 11.3. The number of aromatic nitrogens is 2. The van der Waals surface area contributed by atoms with Crippen LogP contribution in [0.25, 0.3) is 0 Å². The smallest absolute Gasteiger partial charge is 0.321 e. The van der Waals surface area contributed by atoms with E-state index in [1.807, 2.05) is 0 Å². The molecular weight excluding hydrogens is 267 g/mol. The molecule has 0 saturated carbocycles. The van der Waals surface area contributed by atoms with E-state index in [0.29, 0.717) is 10.7 Å². The molecule has 1 heterocycles. The second-order valence-corrected chi connectivity index (χ2v) is 4.82. The van der Waals surface area contributed by atoms with Gasteiger partial charge in [-0.15, -0.1) is 10.2 Å². The maximum atomic E-state index is 13.7. The zero-order valence-electron chi connectivity index (χ0n) is 10.5. The van der Waals surface area contributed by atoms with Crippen molar-refractivity contribution in [3.05, 3.63) is 41.2 Å². The number of rotatable bonds is 3. The van der Waals surface area contributed by atoms with Crippen LogP contribution in [0.5, 0.6) is 0 Å². The zero-order chi connectivity index (χ0) is 13.8. The van der Waals surface area contributed by atoms with Gasteiger partial charge in [0.05, 0.1) is 6.04 Å². The van der Waals surface area contributed by atoms with Gasteiger partial charge in [-0.25, -0.2) is 9.18 Å². The van der Waals surface area contributed by atoms with Crippen LogP contribution >= 0.6 is 11.3 Å². The summed E-state index contributed by atoms with van der Waals surface area (Å²) in [5.74, 6) is -0.328. The molecule has 2 rings (SSSR count). The molecule has 5 nitrogen and oxygen atoms in total. The molecule has 100 valence electrons. The maximum Gasteiger partial charge on any atom is 0.323 e. The Morgan fingerprint density at radius 3 is 2.84 bits per heavy atom. The lowest BCUT2D eigenvalue weighted by Gasteiger charge is -2.25. The van der Waals surface area contributed by atoms with E-state index in [4.69, 9.17) is 0 Å². The van der Waals surface area contributed by atoms with Crippen molar-refractivity contribution in [3.63, 3.8) is 0 Å². The Bertz CT molecular complexity index is 561. The number of urea groups is 1. The summed E-state index contributed by atoms with van der Waals surface area (Å²) in [4.78, 5) is 13.4. The lowest BCUT2D eigenvalue weighted by atomic mass is 10.1.